The third kappa shape index (κ3) is 5.56. The molecule has 0 saturated heterocycles. The Hall–Kier alpha value is -1.75. The van der Waals surface area contributed by atoms with E-state index in [2.05, 4.69) is 28.6 Å². The Morgan fingerprint density at radius 3 is 2.82 bits per heavy atom. The molecule has 122 valence electrons. The number of methoxy groups -OCH3 is 1. The van der Waals surface area contributed by atoms with Crippen molar-refractivity contribution in [1.29, 1.82) is 0 Å². The van der Waals surface area contributed by atoms with Crippen molar-refractivity contribution in [3.8, 4) is 5.75 Å². The molecule has 0 spiro atoms. The smallest absolute Gasteiger partial charge is 0.191 e. The highest BCUT2D eigenvalue weighted by Gasteiger charge is 2.22. The van der Waals surface area contributed by atoms with E-state index in [1.165, 1.54) is 12.8 Å². The highest BCUT2D eigenvalue weighted by Crippen LogP contribution is 2.30. The fourth-order valence-electron chi connectivity index (χ4n) is 2.18. The highest BCUT2D eigenvalue weighted by molar-refractivity contribution is 5.80. The lowest BCUT2D eigenvalue weighted by atomic mass is 10.2. The Kier molecular flexibility index (Phi) is 6.52. The first-order chi connectivity index (χ1) is 10.7. The first-order valence-electron chi connectivity index (χ1n) is 7.89. The Labute approximate surface area is 133 Å². The second kappa shape index (κ2) is 8.63. The summed E-state index contributed by atoms with van der Waals surface area (Å²) in [6.07, 6.45) is 2.60. The second-order valence-electron chi connectivity index (χ2n) is 5.79. The minimum absolute atomic E-state index is 0.206. The molecule has 1 aromatic rings. The molecule has 5 heteroatoms. The summed E-state index contributed by atoms with van der Waals surface area (Å²) in [5, 5.41) is 6.61. The van der Waals surface area contributed by atoms with Gasteiger partial charge in [-0.15, -0.1) is 0 Å². The highest BCUT2D eigenvalue weighted by atomic mass is 16.5. The standard InChI is InChI=1S/C17H27N3O2/c1-13(11-21-3)20-17(18-2)19-10-15-6-4-5-7-16(15)22-12-14-8-9-14/h4-7,13-14H,8-12H2,1-3H3,(H2,18,19,20). The average molecular weight is 305 g/mol. The van der Waals surface area contributed by atoms with Crippen molar-refractivity contribution in [3.05, 3.63) is 29.8 Å². The lowest BCUT2D eigenvalue weighted by molar-refractivity contribution is 0.179. The minimum Gasteiger partial charge on any atom is -0.493 e. The zero-order chi connectivity index (χ0) is 15.8. The molecule has 5 nitrogen and oxygen atoms in total. The predicted octanol–water partition coefficient (Wildman–Crippen LogP) is 2.18. The molecule has 0 aromatic heterocycles. The van der Waals surface area contributed by atoms with Crippen molar-refractivity contribution in [3.63, 3.8) is 0 Å². The molecule has 0 heterocycles. The van der Waals surface area contributed by atoms with Crippen LogP contribution in [0.4, 0.5) is 0 Å². The zero-order valence-electron chi connectivity index (χ0n) is 13.8. The van der Waals surface area contributed by atoms with Crippen LogP contribution in [0.25, 0.3) is 0 Å². The molecule has 1 aliphatic carbocycles. The predicted molar refractivity (Wildman–Crippen MR) is 89.3 cm³/mol. The van der Waals surface area contributed by atoms with Crippen molar-refractivity contribution in [2.75, 3.05) is 27.4 Å². The van der Waals surface area contributed by atoms with E-state index in [0.717, 1.165) is 29.8 Å². The molecule has 2 N–H and O–H groups in total. The number of hydrogen-bond donors (Lipinski definition) is 2. The Morgan fingerprint density at radius 1 is 1.36 bits per heavy atom. The van der Waals surface area contributed by atoms with Gasteiger partial charge in [0.2, 0.25) is 0 Å². The van der Waals surface area contributed by atoms with Gasteiger partial charge < -0.3 is 20.1 Å². The van der Waals surface area contributed by atoms with E-state index in [4.69, 9.17) is 9.47 Å². The normalized spacial score (nSPS) is 16.2. The van der Waals surface area contributed by atoms with Crippen LogP contribution in [0.3, 0.4) is 0 Å². The van der Waals surface area contributed by atoms with Gasteiger partial charge in [-0.3, -0.25) is 4.99 Å². The van der Waals surface area contributed by atoms with E-state index in [0.29, 0.717) is 13.2 Å². The van der Waals surface area contributed by atoms with Gasteiger partial charge in [-0.05, 0) is 31.7 Å². The van der Waals surface area contributed by atoms with E-state index >= 15 is 0 Å². The molecule has 0 amide bonds. The molecular formula is C17H27N3O2. The van der Waals surface area contributed by atoms with Crippen LogP contribution >= 0.6 is 0 Å². The summed E-state index contributed by atoms with van der Waals surface area (Å²) < 4.78 is 11.1. The van der Waals surface area contributed by atoms with Crippen LogP contribution in [0.2, 0.25) is 0 Å². The molecule has 2 rings (SSSR count). The summed E-state index contributed by atoms with van der Waals surface area (Å²) in [4.78, 5) is 4.24. The first-order valence-corrected chi connectivity index (χ1v) is 7.89. The van der Waals surface area contributed by atoms with Crippen molar-refractivity contribution in [2.45, 2.75) is 32.4 Å². The largest absolute Gasteiger partial charge is 0.493 e. The Bertz CT molecular complexity index is 487. The quantitative estimate of drug-likeness (QED) is 0.571. The number of benzene rings is 1. The molecule has 0 radical (unpaired) electrons. The molecular weight excluding hydrogens is 278 g/mol. The Balaban J connectivity index is 1.86. The van der Waals surface area contributed by atoms with Gasteiger partial charge in [0.1, 0.15) is 5.75 Å². The van der Waals surface area contributed by atoms with Gasteiger partial charge in [0.25, 0.3) is 0 Å². The molecule has 22 heavy (non-hydrogen) atoms. The number of rotatable bonds is 8. The third-order valence-electron chi connectivity index (χ3n) is 3.61. The molecule has 1 aromatic carbocycles. The lowest BCUT2D eigenvalue weighted by Crippen LogP contribution is -2.43. The number of hydrogen-bond acceptors (Lipinski definition) is 3. The van der Waals surface area contributed by atoms with Crippen LogP contribution in [-0.2, 0) is 11.3 Å². The van der Waals surface area contributed by atoms with Gasteiger partial charge >= 0.3 is 0 Å². The number of nitrogens with one attached hydrogen (secondary N) is 2. The molecule has 1 aliphatic rings. The third-order valence-corrected chi connectivity index (χ3v) is 3.61. The zero-order valence-corrected chi connectivity index (χ0v) is 13.8. The topological polar surface area (TPSA) is 54.9 Å². The van der Waals surface area contributed by atoms with Crippen molar-refractivity contribution >= 4 is 5.96 Å². The van der Waals surface area contributed by atoms with Crippen molar-refractivity contribution < 1.29 is 9.47 Å². The SMILES string of the molecule is CN=C(NCc1ccccc1OCC1CC1)NC(C)COC. The summed E-state index contributed by atoms with van der Waals surface area (Å²) in [5.41, 5.74) is 1.14. The fraction of sp³-hybridized carbons (Fsp3) is 0.588. The van der Waals surface area contributed by atoms with E-state index < -0.39 is 0 Å². The summed E-state index contributed by atoms with van der Waals surface area (Å²) >= 11 is 0. The van der Waals surface area contributed by atoms with Gasteiger partial charge in [0.15, 0.2) is 5.96 Å². The van der Waals surface area contributed by atoms with E-state index in [9.17, 15) is 0 Å². The van der Waals surface area contributed by atoms with Gasteiger partial charge in [-0.1, -0.05) is 18.2 Å². The van der Waals surface area contributed by atoms with Gasteiger partial charge in [0.05, 0.1) is 13.2 Å². The number of nitrogens with zero attached hydrogens (tertiary/aromatic N) is 1. The molecule has 1 atom stereocenters. The van der Waals surface area contributed by atoms with Crippen molar-refractivity contribution in [2.24, 2.45) is 10.9 Å². The monoisotopic (exact) mass is 305 g/mol. The minimum atomic E-state index is 0.206. The van der Waals surface area contributed by atoms with Crippen LogP contribution in [0.5, 0.6) is 5.75 Å². The lowest BCUT2D eigenvalue weighted by Gasteiger charge is -2.18. The molecule has 1 saturated carbocycles. The van der Waals surface area contributed by atoms with Crippen molar-refractivity contribution in [1.82, 2.24) is 10.6 Å². The van der Waals surface area contributed by atoms with E-state index in [-0.39, 0.29) is 6.04 Å². The van der Waals surface area contributed by atoms with Gasteiger partial charge in [-0.2, -0.15) is 0 Å². The Morgan fingerprint density at radius 2 is 2.14 bits per heavy atom. The molecule has 1 fully saturated rings. The maximum absolute atomic E-state index is 5.93. The number of guanidine groups is 1. The van der Waals surface area contributed by atoms with Crippen LogP contribution < -0.4 is 15.4 Å². The number of ether oxygens (including phenoxy) is 2. The maximum Gasteiger partial charge on any atom is 0.191 e. The first kappa shape index (κ1) is 16.6. The second-order valence-corrected chi connectivity index (χ2v) is 5.79. The summed E-state index contributed by atoms with van der Waals surface area (Å²) in [7, 11) is 3.46. The molecule has 1 unspecified atom stereocenters. The van der Waals surface area contributed by atoms with Crippen LogP contribution in [0.1, 0.15) is 25.3 Å². The summed E-state index contributed by atoms with van der Waals surface area (Å²) in [5.74, 6) is 2.48. The number of aliphatic imine (C=N–C) groups is 1. The average Bonchev–Trinajstić information content (AvgIpc) is 3.34. The van der Waals surface area contributed by atoms with E-state index in [1.807, 2.05) is 18.2 Å². The van der Waals surface area contributed by atoms with Gasteiger partial charge in [-0.25, -0.2) is 0 Å². The van der Waals surface area contributed by atoms with E-state index in [1.54, 1.807) is 14.2 Å². The molecule has 0 bridgehead atoms. The molecule has 0 aliphatic heterocycles. The maximum atomic E-state index is 5.93. The van der Waals surface area contributed by atoms with Crippen LogP contribution in [0, 0.1) is 5.92 Å². The summed E-state index contributed by atoms with van der Waals surface area (Å²) in [6.45, 7) is 4.21. The van der Waals surface area contributed by atoms with Crippen LogP contribution in [0.15, 0.2) is 29.3 Å². The summed E-state index contributed by atoms with van der Waals surface area (Å²) in [6, 6.07) is 8.37. The number of para-hydroxylation sites is 1. The fourth-order valence-corrected chi connectivity index (χ4v) is 2.18. The van der Waals surface area contributed by atoms with Gasteiger partial charge in [0, 0.05) is 32.3 Å². The van der Waals surface area contributed by atoms with Crippen LogP contribution in [-0.4, -0.2) is 39.4 Å².